The number of aryl methyl sites for hydroxylation is 1. The molecule has 1 amide bonds. The predicted molar refractivity (Wildman–Crippen MR) is 162 cm³/mol. The number of rotatable bonds is 10. The molecule has 0 saturated carbocycles. The van der Waals surface area contributed by atoms with E-state index in [1.54, 1.807) is 17.0 Å². The van der Waals surface area contributed by atoms with Crippen LogP contribution in [0.1, 0.15) is 30.5 Å². The van der Waals surface area contributed by atoms with E-state index in [0.717, 1.165) is 38.4 Å². The number of hydrogen-bond donors (Lipinski definition) is 1. The van der Waals surface area contributed by atoms with Gasteiger partial charge in [-0.25, -0.2) is 8.42 Å². The number of carbonyl (C=O) groups is 1. The molecule has 6 nitrogen and oxygen atoms in total. The van der Waals surface area contributed by atoms with Crippen molar-refractivity contribution in [3.05, 3.63) is 114 Å². The van der Waals surface area contributed by atoms with E-state index in [9.17, 15) is 13.2 Å². The first-order valence-corrected chi connectivity index (χ1v) is 15.1. The minimum absolute atomic E-state index is 0.191. The molecule has 1 aromatic heterocycles. The van der Waals surface area contributed by atoms with Crippen molar-refractivity contribution in [3.8, 4) is 0 Å². The van der Waals surface area contributed by atoms with Gasteiger partial charge in [0.15, 0.2) is 0 Å². The number of H-pyrrole nitrogens is 1. The van der Waals surface area contributed by atoms with Gasteiger partial charge in [0.05, 0.1) is 11.4 Å². The Kier molecular flexibility index (Phi) is 8.05. The van der Waals surface area contributed by atoms with Gasteiger partial charge in [0, 0.05) is 36.2 Å². The molecule has 1 heterocycles. The van der Waals surface area contributed by atoms with E-state index in [4.69, 9.17) is 0 Å². The lowest BCUT2D eigenvalue weighted by molar-refractivity contribution is -0.132. The Morgan fingerprint density at radius 3 is 2.33 bits per heavy atom. The second kappa shape index (κ2) is 11.7. The summed E-state index contributed by atoms with van der Waals surface area (Å²) < 4.78 is 28.9. The molecule has 0 bridgehead atoms. The third kappa shape index (κ3) is 5.96. The van der Waals surface area contributed by atoms with Gasteiger partial charge in [0.25, 0.3) is 0 Å². The van der Waals surface area contributed by atoms with Crippen LogP contribution in [-0.2, 0) is 27.8 Å². The first-order chi connectivity index (χ1) is 19.2. The highest BCUT2D eigenvalue weighted by atomic mass is 32.2. The number of aromatic amines is 1. The highest BCUT2D eigenvalue weighted by Gasteiger charge is 2.31. The zero-order valence-corrected chi connectivity index (χ0v) is 24.0. The van der Waals surface area contributed by atoms with Crippen molar-refractivity contribution < 1.29 is 13.2 Å². The molecule has 5 rings (SSSR count). The molecule has 0 unspecified atom stereocenters. The number of sulfonamides is 1. The molecular weight excluding hydrogens is 518 g/mol. The minimum Gasteiger partial charge on any atom is -0.361 e. The molecule has 0 spiro atoms. The van der Waals surface area contributed by atoms with Gasteiger partial charge in [0.1, 0.15) is 0 Å². The van der Waals surface area contributed by atoms with Crippen LogP contribution in [0.4, 0.5) is 0 Å². The second-order valence-electron chi connectivity index (χ2n) is 10.6. The molecule has 206 valence electrons. The van der Waals surface area contributed by atoms with E-state index in [1.807, 2.05) is 99.8 Å². The maximum Gasteiger partial charge on any atom is 0.243 e. The van der Waals surface area contributed by atoms with Crippen LogP contribution in [-0.4, -0.2) is 47.6 Å². The van der Waals surface area contributed by atoms with Gasteiger partial charge in [-0.15, -0.1) is 0 Å². The average Bonchev–Trinajstić information content (AvgIpc) is 3.37. The Balaban J connectivity index is 1.41. The largest absolute Gasteiger partial charge is 0.361 e. The first-order valence-electron chi connectivity index (χ1n) is 13.6. The Hall–Kier alpha value is -3.94. The highest BCUT2D eigenvalue weighted by molar-refractivity contribution is 7.89. The van der Waals surface area contributed by atoms with Crippen LogP contribution >= 0.6 is 0 Å². The molecule has 1 N–H and O–H groups in total. The van der Waals surface area contributed by atoms with Gasteiger partial charge in [0.2, 0.25) is 15.9 Å². The van der Waals surface area contributed by atoms with Crippen molar-refractivity contribution in [1.82, 2.24) is 14.2 Å². The van der Waals surface area contributed by atoms with Gasteiger partial charge in [-0.3, -0.25) is 4.79 Å². The number of benzene rings is 4. The summed E-state index contributed by atoms with van der Waals surface area (Å²) in [5.41, 5.74) is 4.34. The lowest BCUT2D eigenvalue weighted by atomic mass is 10.1. The molecule has 7 heteroatoms. The predicted octanol–water partition coefficient (Wildman–Crippen LogP) is 6.30. The van der Waals surface area contributed by atoms with Crippen LogP contribution in [0.3, 0.4) is 0 Å². The molecule has 4 aromatic carbocycles. The van der Waals surface area contributed by atoms with E-state index in [1.165, 1.54) is 4.31 Å². The number of carbonyl (C=O) groups excluding carboxylic acids is 1. The molecule has 0 aliphatic heterocycles. The van der Waals surface area contributed by atoms with E-state index < -0.39 is 16.1 Å². The smallest absolute Gasteiger partial charge is 0.243 e. The number of amides is 1. The zero-order valence-electron chi connectivity index (χ0n) is 23.2. The quantitative estimate of drug-likeness (QED) is 0.221. The SMILES string of the molecule is Cc1ccc(CN(CCc2c[nH]c3ccccc23)C(=O)CN(C(C)C)S(=O)(=O)c2ccc3ccccc3c2)cc1. The van der Waals surface area contributed by atoms with Crippen molar-refractivity contribution in [2.75, 3.05) is 13.1 Å². The summed E-state index contributed by atoms with van der Waals surface area (Å²) in [6.07, 6.45) is 2.64. The molecule has 0 saturated heterocycles. The van der Waals surface area contributed by atoms with E-state index in [2.05, 4.69) is 11.1 Å². The van der Waals surface area contributed by atoms with Crippen molar-refractivity contribution in [1.29, 1.82) is 0 Å². The Morgan fingerprint density at radius 1 is 0.875 bits per heavy atom. The Morgan fingerprint density at radius 2 is 1.57 bits per heavy atom. The number of nitrogens with zero attached hydrogens (tertiary/aromatic N) is 2. The summed E-state index contributed by atoms with van der Waals surface area (Å²) in [7, 11) is -3.90. The standard InChI is InChI=1S/C33H35N3O3S/c1-24(2)36(40(38,39)30-17-16-27-8-4-5-9-28(27)20-30)23-33(37)35(22-26-14-12-25(3)13-15-26)19-18-29-21-34-32-11-7-6-10-31(29)32/h4-17,20-21,24,34H,18-19,22-23H2,1-3H3. The van der Waals surface area contributed by atoms with Crippen LogP contribution in [0, 0.1) is 6.92 Å². The third-order valence-electron chi connectivity index (χ3n) is 7.37. The Labute approximate surface area is 236 Å². The van der Waals surface area contributed by atoms with Crippen LogP contribution in [0.5, 0.6) is 0 Å². The van der Waals surface area contributed by atoms with Crippen molar-refractivity contribution in [2.24, 2.45) is 0 Å². The number of para-hydroxylation sites is 1. The van der Waals surface area contributed by atoms with Crippen LogP contribution < -0.4 is 0 Å². The molecule has 0 atom stereocenters. The molecule has 5 aromatic rings. The van der Waals surface area contributed by atoms with Crippen LogP contribution in [0.25, 0.3) is 21.7 Å². The topological polar surface area (TPSA) is 73.5 Å². The van der Waals surface area contributed by atoms with E-state index >= 15 is 0 Å². The number of nitrogens with one attached hydrogen (secondary N) is 1. The lowest BCUT2D eigenvalue weighted by Crippen LogP contribution is -2.46. The normalized spacial score (nSPS) is 12.0. The fraction of sp³-hybridized carbons (Fsp3) is 0.242. The van der Waals surface area contributed by atoms with Gasteiger partial charge in [-0.2, -0.15) is 4.31 Å². The van der Waals surface area contributed by atoms with Gasteiger partial charge >= 0.3 is 0 Å². The highest BCUT2D eigenvalue weighted by Crippen LogP contribution is 2.24. The summed E-state index contributed by atoms with van der Waals surface area (Å²) in [6.45, 7) is 6.29. The molecular formula is C33H35N3O3S. The van der Waals surface area contributed by atoms with E-state index in [-0.39, 0.29) is 17.3 Å². The summed E-state index contributed by atoms with van der Waals surface area (Å²) in [4.78, 5) is 19.1. The fourth-order valence-electron chi connectivity index (χ4n) is 5.04. The number of aromatic nitrogens is 1. The molecule has 0 fully saturated rings. The fourth-order valence-corrected chi connectivity index (χ4v) is 6.66. The molecule has 0 aliphatic carbocycles. The molecule has 40 heavy (non-hydrogen) atoms. The Bertz CT molecular complexity index is 1740. The maximum atomic E-state index is 13.9. The monoisotopic (exact) mass is 553 g/mol. The minimum atomic E-state index is -3.90. The lowest BCUT2D eigenvalue weighted by Gasteiger charge is -2.29. The summed E-state index contributed by atoms with van der Waals surface area (Å²) in [5, 5.41) is 2.95. The number of fused-ring (bicyclic) bond motifs is 2. The molecule has 0 radical (unpaired) electrons. The summed E-state index contributed by atoms with van der Waals surface area (Å²) >= 11 is 0. The van der Waals surface area contributed by atoms with E-state index in [0.29, 0.717) is 19.5 Å². The van der Waals surface area contributed by atoms with Crippen molar-refractivity contribution in [3.63, 3.8) is 0 Å². The van der Waals surface area contributed by atoms with Gasteiger partial charge in [-0.1, -0.05) is 78.4 Å². The molecule has 0 aliphatic rings. The third-order valence-corrected chi connectivity index (χ3v) is 9.39. The van der Waals surface area contributed by atoms with Gasteiger partial charge in [-0.05, 0) is 67.3 Å². The van der Waals surface area contributed by atoms with Crippen molar-refractivity contribution in [2.45, 2.75) is 44.7 Å². The van der Waals surface area contributed by atoms with Crippen LogP contribution in [0.15, 0.2) is 102 Å². The van der Waals surface area contributed by atoms with Crippen molar-refractivity contribution >= 4 is 37.6 Å². The maximum absolute atomic E-state index is 13.9. The van der Waals surface area contributed by atoms with Gasteiger partial charge < -0.3 is 9.88 Å². The first kappa shape index (κ1) is 27.6. The average molecular weight is 554 g/mol. The second-order valence-corrected chi connectivity index (χ2v) is 12.5. The van der Waals surface area contributed by atoms with Crippen LogP contribution in [0.2, 0.25) is 0 Å². The summed E-state index contributed by atoms with van der Waals surface area (Å²) in [6, 6.07) is 28.6. The summed E-state index contributed by atoms with van der Waals surface area (Å²) in [5.74, 6) is -0.224. The zero-order chi connectivity index (χ0) is 28.3. The number of hydrogen-bond acceptors (Lipinski definition) is 3.